The standard InChI is InChI=1S/C14H27N3O/c1-5-7-18-8-6-17-13(4)16-11-14(17)10-15-9-12(2)3/h11-12,15H,5-10H2,1-4H3. The van der Waals surface area contributed by atoms with Crippen LogP contribution in [0.2, 0.25) is 0 Å². The lowest BCUT2D eigenvalue weighted by atomic mass is 10.2. The van der Waals surface area contributed by atoms with Crippen LogP contribution in [-0.2, 0) is 17.8 Å². The fourth-order valence-corrected chi connectivity index (χ4v) is 1.85. The molecule has 0 aliphatic rings. The number of hydrogen-bond acceptors (Lipinski definition) is 3. The number of hydrogen-bond donors (Lipinski definition) is 1. The van der Waals surface area contributed by atoms with Gasteiger partial charge >= 0.3 is 0 Å². The van der Waals surface area contributed by atoms with Crippen LogP contribution in [0.3, 0.4) is 0 Å². The summed E-state index contributed by atoms with van der Waals surface area (Å²) in [6, 6.07) is 0. The molecule has 0 bridgehead atoms. The summed E-state index contributed by atoms with van der Waals surface area (Å²) >= 11 is 0. The van der Waals surface area contributed by atoms with Crippen molar-refractivity contribution < 1.29 is 4.74 Å². The summed E-state index contributed by atoms with van der Waals surface area (Å²) in [5.74, 6) is 1.74. The molecule has 0 spiro atoms. The molecule has 0 saturated heterocycles. The highest BCUT2D eigenvalue weighted by Crippen LogP contribution is 2.05. The molecule has 0 aliphatic heterocycles. The van der Waals surface area contributed by atoms with E-state index in [9.17, 15) is 0 Å². The Balaban J connectivity index is 2.42. The van der Waals surface area contributed by atoms with Crippen LogP contribution in [0.15, 0.2) is 6.20 Å². The van der Waals surface area contributed by atoms with Gasteiger partial charge in [-0.1, -0.05) is 20.8 Å². The molecule has 0 aliphatic carbocycles. The SMILES string of the molecule is CCCOCCn1c(CNCC(C)C)cnc1C. The molecule has 4 heteroatoms. The van der Waals surface area contributed by atoms with E-state index in [-0.39, 0.29) is 0 Å². The van der Waals surface area contributed by atoms with E-state index in [0.717, 1.165) is 45.1 Å². The molecule has 0 fully saturated rings. The second-order valence-corrected chi connectivity index (χ2v) is 5.09. The molecule has 4 nitrogen and oxygen atoms in total. The lowest BCUT2D eigenvalue weighted by Crippen LogP contribution is -2.21. The maximum atomic E-state index is 5.54. The molecule has 0 unspecified atom stereocenters. The molecule has 0 atom stereocenters. The van der Waals surface area contributed by atoms with E-state index < -0.39 is 0 Å². The summed E-state index contributed by atoms with van der Waals surface area (Å²) in [7, 11) is 0. The Bertz CT molecular complexity index is 334. The zero-order valence-electron chi connectivity index (χ0n) is 12.2. The fourth-order valence-electron chi connectivity index (χ4n) is 1.85. The van der Waals surface area contributed by atoms with Gasteiger partial charge in [0.05, 0.1) is 12.3 Å². The highest BCUT2D eigenvalue weighted by Gasteiger charge is 2.06. The molecule has 1 heterocycles. The van der Waals surface area contributed by atoms with Crippen molar-refractivity contribution in [3.63, 3.8) is 0 Å². The van der Waals surface area contributed by atoms with E-state index in [1.165, 1.54) is 5.69 Å². The van der Waals surface area contributed by atoms with Crippen molar-refractivity contribution in [1.29, 1.82) is 0 Å². The molecule has 1 aromatic rings. The number of aromatic nitrogens is 2. The minimum atomic E-state index is 0.676. The number of imidazole rings is 1. The van der Waals surface area contributed by atoms with Gasteiger partial charge in [0.2, 0.25) is 0 Å². The molecular weight excluding hydrogens is 226 g/mol. The summed E-state index contributed by atoms with van der Waals surface area (Å²) in [6.45, 7) is 13.0. The van der Waals surface area contributed by atoms with Crippen molar-refractivity contribution in [3.05, 3.63) is 17.7 Å². The molecule has 0 radical (unpaired) electrons. The van der Waals surface area contributed by atoms with E-state index in [2.05, 4.69) is 35.6 Å². The van der Waals surface area contributed by atoms with Crippen LogP contribution in [0.25, 0.3) is 0 Å². The van der Waals surface area contributed by atoms with Crippen LogP contribution in [0.1, 0.15) is 38.7 Å². The van der Waals surface area contributed by atoms with Gasteiger partial charge in [0, 0.05) is 25.9 Å². The van der Waals surface area contributed by atoms with Crippen LogP contribution in [0.4, 0.5) is 0 Å². The average molecular weight is 253 g/mol. The quantitative estimate of drug-likeness (QED) is 0.687. The topological polar surface area (TPSA) is 39.1 Å². The largest absolute Gasteiger partial charge is 0.380 e. The Hall–Kier alpha value is -0.870. The maximum Gasteiger partial charge on any atom is 0.105 e. The smallest absolute Gasteiger partial charge is 0.105 e. The van der Waals surface area contributed by atoms with E-state index in [4.69, 9.17) is 4.74 Å². The highest BCUT2D eigenvalue weighted by atomic mass is 16.5. The maximum absolute atomic E-state index is 5.54. The molecule has 0 amide bonds. The lowest BCUT2D eigenvalue weighted by molar-refractivity contribution is 0.126. The van der Waals surface area contributed by atoms with Crippen LogP contribution in [-0.4, -0.2) is 29.3 Å². The second kappa shape index (κ2) is 8.27. The Morgan fingerprint density at radius 2 is 2.17 bits per heavy atom. The molecule has 0 aromatic carbocycles. The van der Waals surface area contributed by atoms with Crippen molar-refractivity contribution in [2.24, 2.45) is 5.92 Å². The normalized spacial score (nSPS) is 11.4. The van der Waals surface area contributed by atoms with Crippen LogP contribution in [0, 0.1) is 12.8 Å². The fraction of sp³-hybridized carbons (Fsp3) is 0.786. The van der Waals surface area contributed by atoms with Gasteiger partial charge in [-0.15, -0.1) is 0 Å². The first kappa shape index (κ1) is 15.2. The van der Waals surface area contributed by atoms with Crippen LogP contribution < -0.4 is 5.32 Å². The Kier molecular flexibility index (Phi) is 6.98. The van der Waals surface area contributed by atoms with Crippen molar-refractivity contribution in [2.45, 2.75) is 47.2 Å². The van der Waals surface area contributed by atoms with E-state index >= 15 is 0 Å². The number of nitrogens with zero attached hydrogens (tertiary/aromatic N) is 2. The molecule has 1 aromatic heterocycles. The van der Waals surface area contributed by atoms with Gasteiger partial charge in [-0.25, -0.2) is 4.98 Å². The summed E-state index contributed by atoms with van der Waals surface area (Å²) in [4.78, 5) is 4.38. The Morgan fingerprint density at radius 3 is 2.83 bits per heavy atom. The molecular formula is C14H27N3O. The van der Waals surface area contributed by atoms with Gasteiger partial charge < -0.3 is 14.6 Å². The third kappa shape index (κ3) is 5.19. The molecule has 104 valence electrons. The lowest BCUT2D eigenvalue weighted by Gasteiger charge is -2.12. The third-order valence-corrected chi connectivity index (χ3v) is 2.80. The number of aryl methyl sites for hydroxylation is 1. The Labute approximate surface area is 111 Å². The highest BCUT2D eigenvalue weighted by molar-refractivity contribution is 5.04. The summed E-state index contributed by atoms with van der Waals surface area (Å²) in [5.41, 5.74) is 1.24. The van der Waals surface area contributed by atoms with Crippen molar-refractivity contribution in [1.82, 2.24) is 14.9 Å². The van der Waals surface area contributed by atoms with Crippen LogP contribution >= 0.6 is 0 Å². The monoisotopic (exact) mass is 253 g/mol. The van der Waals surface area contributed by atoms with E-state index in [1.54, 1.807) is 0 Å². The first-order valence-electron chi connectivity index (χ1n) is 6.94. The first-order valence-corrected chi connectivity index (χ1v) is 6.94. The number of nitrogens with one attached hydrogen (secondary N) is 1. The molecule has 0 saturated carbocycles. The van der Waals surface area contributed by atoms with Crippen LogP contribution in [0.5, 0.6) is 0 Å². The van der Waals surface area contributed by atoms with E-state index in [0.29, 0.717) is 5.92 Å². The van der Waals surface area contributed by atoms with Crippen molar-refractivity contribution in [3.8, 4) is 0 Å². The van der Waals surface area contributed by atoms with Gasteiger partial charge in [0.1, 0.15) is 5.82 Å². The Morgan fingerprint density at radius 1 is 1.39 bits per heavy atom. The first-order chi connectivity index (χ1) is 8.65. The minimum Gasteiger partial charge on any atom is -0.380 e. The average Bonchev–Trinajstić information content (AvgIpc) is 2.66. The van der Waals surface area contributed by atoms with Gasteiger partial charge in [0.15, 0.2) is 0 Å². The summed E-state index contributed by atoms with van der Waals surface area (Å²) in [5, 5.41) is 3.45. The zero-order valence-corrected chi connectivity index (χ0v) is 12.2. The molecule has 18 heavy (non-hydrogen) atoms. The number of rotatable bonds is 9. The number of ether oxygens (including phenoxy) is 1. The molecule has 1 N–H and O–H groups in total. The van der Waals surface area contributed by atoms with Gasteiger partial charge in [-0.2, -0.15) is 0 Å². The third-order valence-electron chi connectivity index (χ3n) is 2.80. The predicted octanol–water partition coefficient (Wildman–Crippen LogP) is 2.36. The summed E-state index contributed by atoms with van der Waals surface area (Å²) < 4.78 is 7.78. The van der Waals surface area contributed by atoms with Crippen molar-refractivity contribution >= 4 is 0 Å². The van der Waals surface area contributed by atoms with Gasteiger partial charge in [-0.05, 0) is 25.8 Å². The zero-order chi connectivity index (χ0) is 13.4. The minimum absolute atomic E-state index is 0.676. The van der Waals surface area contributed by atoms with E-state index in [1.807, 2.05) is 13.1 Å². The van der Waals surface area contributed by atoms with Gasteiger partial charge in [0.25, 0.3) is 0 Å². The summed E-state index contributed by atoms with van der Waals surface area (Å²) in [6.07, 6.45) is 3.04. The van der Waals surface area contributed by atoms with Gasteiger partial charge in [-0.3, -0.25) is 0 Å². The second-order valence-electron chi connectivity index (χ2n) is 5.09. The predicted molar refractivity (Wildman–Crippen MR) is 74.6 cm³/mol. The van der Waals surface area contributed by atoms with Crippen molar-refractivity contribution in [2.75, 3.05) is 19.8 Å². The molecule has 1 rings (SSSR count).